The highest BCUT2D eigenvalue weighted by Crippen LogP contribution is 2.21. The Morgan fingerprint density at radius 3 is 2.10 bits per heavy atom. The lowest BCUT2D eigenvalue weighted by Crippen LogP contribution is -2.49. The van der Waals surface area contributed by atoms with Crippen LogP contribution in [-0.4, -0.2) is 62.7 Å². The maximum absolute atomic E-state index is 12.9. The zero-order valence-electron chi connectivity index (χ0n) is 17.9. The van der Waals surface area contributed by atoms with Crippen LogP contribution in [0.4, 0.5) is 0 Å². The summed E-state index contributed by atoms with van der Waals surface area (Å²) in [4.78, 5) is 14.9. The molecule has 1 saturated heterocycles. The molecule has 30 heavy (non-hydrogen) atoms. The monoisotopic (exact) mass is 430 g/mol. The molecule has 1 aliphatic rings. The zero-order chi connectivity index (χ0) is 21.7. The molecule has 0 radical (unpaired) electrons. The predicted molar refractivity (Wildman–Crippen MR) is 118 cm³/mol. The van der Waals surface area contributed by atoms with Crippen LogP contribution in [0.25, 0.3) is 0 Å². The number of carbonyl (C=O) groups is 1. The summed E-state index contributed by atoms with van der Waals surface area (Å²) in [6, 6.07) is 14.3. The molecule has 3 rings (SSSR count). The molecular formula is C23H30N2O4S. The van der Waals surface area contributed by atoms with Crippen LogP contribution >= 0.6 is 0 Å². The fourth-order valence-corrected chi connectivity index (χ4v) is 4.92. The first kappa shape index (κ1) is 22.5. The molecule has 0 amide bonds. The highest BCUT2D eigenvalue weighted by Gasteiger charge is 2.29. The molecule has 0 bridgehead atoms. The number of ketones is 1. The second-order valence-corrected chi connectivity index (χ2v) is 9.72. The zero-order valence-corrected chi connectivity index (χ0v) is 18.7. The number of sulfonamides is 1. The van der Waals surface area contributed by atoms with Gasteiger partial charge in [0.2, 0.25) is 10.0 Å². The average Bonchev–Trinajstić information content (AvgIpc) is 2.75. The Balaban J connectivity index is 1.56. The molecule has 0 N–H and O–H groups in total. The van der Waals surface area contributed by atoms with Crippen molar-refractivity contribution in [2.75, 3.05) is 39.3 Å². The highest BCUT2D eigenvalue weighted by molar-refractivity contribution is 7.89. The van der Waals surface area contributed by atoms with E-state index >= 15 is 0 Å². The number of Topliss-reactive ketones (excluding diaryl/α,β-unsaturated/α-hetero) is 1. The number of piperazine rings is 1. The van der Waals surface area contributed by atoms with Crippen molar-refractivity contribution in [1.82, 2.24) is 9.21 Å². The van der Waals surface area contributed by atoms with E-state index in [0.29, 0.717) is 49.2 Å². The van der Waals surface area contributed by atoms with Crippen molar-refractivity contribution in [2.24, 2.45) is 0 Å². The van der Waals surface area contributed by atoms with Gasteiger partial charge in [-0.15, -0.1) is 0 Å². The standard InChI is InChI=1S/C23H30N2O4S/c1-4-29-21-9-5-20(6-10-21)23(26)17-24-13-15-25(16-14-24)30(27,28)22-11-7-19(8-12-22)18(2)3/h5-12,18H,4,13-17H2,1-3H3. The van der Waals surface area contributed by atoms with E-state index in [1.807, 2.05) is 24.0 Å². The Bertz CT molecular complexity index is 946. The van der Waals surface area contributed by atoms with Gasteiger partial charge in [0.15, 0.2) is 5.78 Å². The second-order valence-electron chi connectivity index (χ2n) is 7.78. The molecule has 0 aromatic heterocycles. The predicted octanol–water partition coefficient (Wildman–Crippen LogP) is 3.40. The van der Waals surface area contributed by atoms with Crippen LogP contribution in [-0.2, 0) is 10.0 Å². The van der Waals surface area contributed by atoms with E-state index in [2.05, 4.69) is 13.8 Å². The van der Waals surface area contributed by atoms with Gasteiger partial charge in [-0.1, -0.05) is 26.0 Å². The number of hydrogen-bond acceptors (Lipinski definition) is 5. The first-order valence-corrected chi connectivity index (χ1v) is 11.8. The Kier molecular flexibility index (Phi) is 7.28. The number of ether oxygens (including phenoxy) is 1. The maximum Gasteiger partial charge on any atom is 0.243 e. The van der Waals surface area contributed by atoms with Gasteiger partial charge in [-0.2, -0.15) is 4.31 Å². The van der Waals surface area contributed by atoms with Gasteiger partial charge < -0.3 is 4.74 Å². The summed E-state index contributed by atoms with van der Waals surface area (Å²) in [7, 11) is -3.51. The summed E-state index contributed by atoms with van der Waals surface area (Å²) in [5.41, 5.74) is 1.75. The molecule has 0 saturated carbocycles. The third kappa shape index (κ3) is 5.28. The molecule has 1 aliphatic heterocycles. The molecule has 6 nitrogen and oxygen atoms in total. The lowest BCUT2D eigenvalue weighted by Gasteiger charge is -2.33. The lowest BCUT2D eigenvalue weighted by atomic mass is 10.0. The van der Waals surface area contributed by atoms with Crippen molar-refractivity contribution < 1.29 is 17.9 Å². The molecule has 2 aromatic carbocycles. The minimum absolute atomic E-state index is 0.0265. The second kappa shape index (κ2) is 9.73. The number of carbonyl (C=O) groups excluding carboxylic acids is 1. The number of rotatable bonds is 8. The minimum Gasteiger partial charge on any atom is -0.494 e. The topological polar surface area (TPSA) is 66.9 Å². The van der Waals surface area contributed by atoms with Crippen LogP contribution < -0.4 is 4.74 Å². The molecule has 7 heteroatoms. The van der Waals surface area contributed by atoms with Crippen molar-refractivity contribution in [2.45, 2.75) is 31.6 Å². The van der Waals surface area contributed by atoms with Gasteiger partial charge in [-0.05, 0) is 54.8 Å². The Labute approximate surface area is 179 Å². The maximum atomic E-state index is 12.9. The average molecular weight is 431 g/mol. The fraction of sp³-hybridized carbons (Fsp3) is 0.435. The molecule has 1 fully saturated rings. The van der Waals surface area contributed by atoms with Crippen LogP contribution in [0.1, 0.15) is 42.6 Å². The van der Waals surface area contributed by atoms with Gasteiger partial charge in [-0.25, -0.2) is 8.42 Å². The fourth-order valence-electron chi connectivity index (χ4n) is 3.50. The molecule has 2 aromatic rings. The normalized spacial score (nSPS) is 16.0. The molecule has 0 atom stereocenters. The number of nitrogens with zero attached hydrogens (tertiary/aromatic N) is 2. The van der Waals surface area contributed by atoms with Crippen molar-refractivity contribution in [3.8, 4) is 5.75 Å². The van der Waals surface area contributed by atoms with Crippen LogP contribution in [0, 0.1) is 0 Å². The van der Waals surface area contributed by atoms with E-state index in [-0.39, 0.29) is 12.3 Å². The summed E-state index contributed by atoms with van der Waals surface area (Å²) < 4.78 is 32.8. The summed E-state index contributed by atoms with van der Waals surface area (Å²) in [6.45, 7) is 8.77. The van der Waals surface area contributed by atoms with E-state index < -0.39 is 10.0 Å². The van der Waals surface area contributed by atoms with Gasteiger partial charge in [0, 0.05) is 31.7 Å². The van der Waals surface area contributed by atoms with Crippen LogP contribution in [0.2, 0.25) is 0 Å². The molecule has 0 spiro atoms. The quantitative estimate of drug-likeness (QED) is 0.601. The smallest absolute Gasteiger partial charge is 0.243 e. The molecule has 162 valence electrons. The van der Waals surface area contributed by atoms with Gasteiger partial charge in [0.05, 0.1) is 18.0 Å². The van der Waals surface area contributed by atoms with E-state index in [1.165, 1.54) is 4.31 Å². The lowest BCUT2D eigenvalue weighted by molar-refractivity contribution is 0.0901. The molecule has 1 heterocycles. The van der Waals surface area contributed by atoms with Gasteiger partial charge in [0.25, 0.3) is 0 Å². The van der Waals surface area contributed by atoms with E-state index in [9.17, 15) is 13.2 Å². The SMILES string of the molecule is CCOc1ccc(C(=O)CN2CCN(S(=O)(=O)c3ccc(C(C)C)cc3)CC2)cc1. The third-order valence-electron chi connectivity index (χ3n) is 5.37. The third-order valence-corrected chi connectivity index (χ3v) is 7.28. The van der Waals surface area contributed by atoms with Crippen molar-refractivity contribution in [3.63, 3.8) is 0 Å². The first-order chi connectivity index (χ1) is 14.3. The molecule has 0 unspecified atom stereocenters. The van der Waals surface area contributed by atoms with E-state index in [1.54, 1.807) is 36.4 Å². The Morgan fingerprint density at radius 2 is 1.57 bits per heavy atom. The highest BCUT2D eigenvalue weighted by atomic mass is 32.2. The Hall–Kier alpha value is -2.22. The van der Waals surface area contributed by atoms with E-state index in [0.717, 1.165) is 11.3 Å². The first-order valence-electron chi connectivity index (χ1n) is 10.4. The largest absolute Gasteiger partial charge is 0.494 e. The van der Waals surface area contributed by atoms with E-state index in [4.69, 9.17) is 4.74 Å². The van der Waals surface area contributed by atoms with Crippen molar-refractivity contribution in [3.05, 3.63) is 59.7 Å². The van der Waals surface area contributed by atoms with Gasteiger partial charge >= 0.3 is 0 Å². The van der Waals surface area contributed by atoms with Crippen LogP contribution in [0.3, 0.4) is 0 Å². The molecule has 0 aliphatic carbocycles. The van der Waals surface area contributed by atoms with Crippen LogP contribution in [0.15, 0.2) is 53.4 Å². The summed E-state index contributed by atoms with van der Waals surface area (Å²) >= 11 is 0. The summed E-state index contributed by atoms with van der Waals surface area (Å²) in [5, 5.41) is 0. The summed E-state index contributed by atoms with van der Waals surface area (Å²) in [6.07, 6.45) is 0. The van der Waals surface area contributed by atoms with Gasteiger partial charge in [-0.3, -0.25) is 9.69 Å². The Morgan fingerprint density at radius 1 is 0.967 bits per heavy atom. The van der Waals surface area contributed by atoms with Crippen molar-refractivity contribution >= 4 is 15.8 Å². The summed E-state index contributed by atoms with van der Waals surface area (Å²) in [5.74, 6) is 1.13. The van der Waals surface area contributed by atoms with Crippen LogP contribution in [0.5, 0.6) is 5.75 Å². The van der Waals surface area contributed by atoms with Gasteiger partial charge in [0.1, 0.15) is 5.75 Å². The number of benzene rings is 2. The number of hydrogen-bond donors (Lipinski definition) is 0. The molecular weight excluding hydrogens is 400 g/mol. The minimum atomic E-state index is -3.51. The van der Waals surface area contributed by atoms with Crippen molar-refractivity contribution in [1.29, 1.82) is 0 Å².